The van der Waals surface area contributed by atoms with Crippen molar-refractivity contribution < 1.29 is 18.3 Å². The lowest BCUT2D eigenvalue weighted by Crippen LogP contribution is -2.07. The summed E-state index contributed by atoms with van der Waals surface area (Å²) in [5, 5.41) is 9.94. The molecule has 19 heavy (non-hydrogen) atoms. The van der Waals surface area contributed by atoms with Crippen LogP contribution >= 0.6 is 15.9 Å². The van der Waals surface area contributed by atoms with Crippen LogP contribution in [0.4, 0.5) is 13.2 Å². The zero-order chi connectivity index (χ0) is 14.0. The Morgan fingerprint density at radius 1 is 1.00 bits per heavy atom. The molecule has 0 aliphatic carbocycles. The highest BCUT2D eigenvalue weighted by molar-refractivity contribution is 9.10. The second-order valence-electron chi connectivity index (χ2n) is 4.08. The van der Waals surface area contributed by atoms with Gasteiger partial charge in [0.2, 0.25) is 0 Å². The summed E-state index contributed by atoms with van der Waals surface area (Å²) in [6, 6.07) is 8.16. The second-order valence-corrected chi connectivity index (χ2v) is 4.93. The molecule has 0 bridgehead atoms. The van der Waals surface area contributed by atoms with Crippen LogP contribution in [0.15, 0.2) is 40.9 Å². The quantitative estimate of drug-likeness (QED) is 0.896. The highest BCUT2D eigenvalue weighted by Gasteiger charge is 2.18. The minimum absolute atomic E-state index is 0.00637. The molecule has 0 aromatic heterocycles. The molecule has 100 valence electrons. The van der Waals surface area contributed by atoms with E-state index in [0.717, 1.165) is 6.07 Å². The first-order chi connectivity index (χ1) is 9.00. The predicted molar refractivity (Wildman–Crippen MR) is 69.1 cm³/mol. The highest BCUT2D eigenvalue weighted by atomic mass is 79.9. The summed E-state index contributed by atoms with van der Waals surface area (Å²) in [6.07, 6.45) is -1.44. The maximum absolute atomic E-state index is 13.8. The topological polar surface area (TPSA) is 20.2 Å². The average Bonchev–Trinajstić information content (AvgIpc) is 2.38. The molecule has 2 rings (SSSR count). The van der Waals surface area contributed by atoms with E-state index in [4.69, 9.17) is 0 Å². The van der Waals surface area contributed by atoms with E-state index in [2.05, 4.69) is 15.9 Å². The lowest BCUT2D eigenvalue weighted by atomic mass is 10.0. The SMILES string of the molecule is OC(Cc1cccc(F)c1F)c1cccc(Br)c1F. The van der Waals surface area contributed by atoms with Gasteiger partial charge in [-0.2, -0.15) is 0 Å². The Kier molecular flexibility index (Phi) is 4.27. The van der Waals surface area contributed by atoms with Gasteiger partial charge in [-0.25, -0.2) is 13.2 Å². The molecule has 0 aliphatic rings. The van der Waals surface area contributed by atoms with Crippen LogP contribution in [0.25, 0.3) is 0 Å². The molecule has 1 nitrogen and oxygen atoms in total. The van der Waals surface area contributed by atoms with E-state index >= 15 is 0 Å². The zero-order valence-electron chi connectivity index (χ0n) is 9.71. The molecule has 0 aliphatic heterocycles. The predicted octanol–water partition coefficient (Wildman–Crippen LogP) is 4.14. The minimum Gasteiger partial charge on any atom is -0.388 e. The molecule has 0 spiro atoms. The number of hydrogen-bond acceptors (Lipinski definition) is 1. The Hall–Kier alpha value is -1.33. The van der Waals surface area contributed by atoms with Gasteiger partial charge in [-0.05, 0) is 33.6 Å². The van der Waals surface area contributed by atoms with Crippen molar-refractivity contribution in [3.05, 3.63) is 69.4 Å². The molecule has 2 aromatic carbocycles. The molecular formula is C14H10BrF3O. The summed E-state index contributed by atoms with van der Waals surface area (Å²) in [7, 11) is 0. The summed E-state index contributed by atoms with van der Waals surface area (Å²) in [5.74, 6) is -2.61. The van der Waals surface area contributed by atoms with Gasteiger partial charge in [-0.15, -0.1) is 0 Å². The number of rotatable bonds is 3. The van der Waals surface area contributed by atoms with Crippen LogP contribution in [0.1, 0.15) is 17.2 Å². The van der Waals surface area contributed by atoms with E-state index in [9.17, 15) is 18.3 Å². The molecule has 0 saturated carbocycles. The Morgan fingerprint density at radius 3 is 2.42 bits per heavy atom. The van der Waals surface area contributed by atoms with Gasteiger partial charge in [-0.3, -0.25) is 0 Å². The molecule has 2 aromatic rings. The van der Waals surface area contributed by atoms with Gasteiger partial charge < -0.3 is 5.11 Å². The number of hydrogen-bond donors (Lipinski definition) is 1. The molecule has 0 radical (unpaired) electrons. The van der Waals surface area contributed by atoms with Crippen molar-refractivity contribution >= 4 is 15.9 Å². The van der Waals surface area contributed by atoms with Crippen LogP contribution in [0.2, 0.25) is 0 Å². The van der Waals surface area contributed by atoms with Gasteiger partial charge in [0.05, 0.1) is 10.6 Å². The summed E-state index contributed by atoms with van der Waals surface area (Å²) >= 11 is 3.01. The maximum atomic E-state index is 13.8. The zero-order valence-corrected chi connectivity index (χ0v) is 11.3. The van der Waals surface area contributed by atoms with E-state index in [-0.39, 0.29) is 22.0 Å². The summed E-state index contributed by atoms with van der Waals surface area (Å²) in [6.45, 7) is 0. The standard InChI is InChI=1S/C14H10BrF3O/c15-10-5-2-4-9(14(10)18)12(19)7-8-3-1-6-11(16)13(8)17/h1-6,12,19H,7H2. The van der Waals surface area contributed by atoms with Crippen LogP contribution in [-0.4, -0.2) is 5.11 Å². The average molecular weight is 331 g/mol. The van der Waals surface area contributed by atoms with Gasteiger partial charge >= 0.3 is 0 Å². The van der Waals surface area contributed by atoms with Crippen LogP contribution in [0.3, 0.4) is 0 Å². The molecule has 0 heterocycles. The fourth-order valence-corrected chi connectivity index (χ4v) is 2.18. The Morgan fingerprint density at radius 2 is 1.68 bits per heavy atom. The van der Waals surface area contributed by atoms with Crippen LogP contribution in [0.5, 0.6) is 0 Å². The smallest absolute Gasteiger partial charge is 0.162 e. The van der Waals surface area contributed by atoms with E-state index < -0.39 is 23.6 Å². The van der Waals surface area contributed by atoms with Gasteiger partial charge in [-0.1, -0.05) is 24.3 Å². The molecule has 0 amide bonds. The number of halogens is 4. The van der Waals surface area contributed by atoms with Gasteiger partial charge in [0, 0.05) is 12.0 Å². The minimum atomic E-state index is -1.24. The molecule has 5 heteroatoms. The van der Waals surface area contributed by atoms with Crippen molar-refractivity contribution in [2.75, 3.05) is 0 Å². The lowest BCUT2D eigenvalue weighted by molar-refractivity contribution is 0.172. The van der Waals surface area contributed by atoms with E-state index in [1.807, 2.05) is 0 Å². The Balaban J connectivity index is 2.28. The Labute approximate surface area is 116 Å². The maximum Gasteiger partial charge on any atom is 0.162 e. The third-order valence-corrected chi connectivity index (χ3v) is 3.40. The van der Waals surface area contributed by atoms with Gasteiger partial charge in [0.25, 0.3) is 0 Å². The number of aliphatic hydroxyl groups excluding tert-OH is 1. The molecule has 1 atom stereocenters. The van der Waals surface area contributed by atoms with E-state index in [1.54, 1.807) is 6.07 Å². The Bertz CT molecular complexity index is 601. The largest absolute Gasteiger partial charge is 0.388 e. The summed E-state index contributed by atoms with van der Waals surface area (Å²) < 4.78 is 40.5. The highest BCUT2D eigenvalue weighted by Crippen LogP contribution is 2.27. The van der Waals surface area contributed by atoms with Crippen molar-refractivity contribution in [3.8, 4) is 0 Å². The first-order valence-electron chi connectivity index (χ1n) is 5.55. The summed E-state index contributed by atoms with van der Waals surface area (Å²) in [5.41, 5.74) is 0.0462. The van der Waals surface area contributed by atoms with Gasteiger partial charge in [0.1, 0.15) is 5.82 Å². The van der Waals surface area contributed by atoms with E-state index in [0.29, 0.717) is 0 Å². The second kappa shape index (κ2) is 5.75. The lowest BCUT2D eigenvalue weighted by Gasteiger charge is -2.13. The van der Waals surface area contributed by atoms with Crippen molar-refractivity contribution in [3.63, 3.8) is 0 Å². The van der Waals surface area contributed by atoms with Crippen molar-refractivity contribution in [1.82, 2.24) is 0 Å². The molecular weight excluding hydrogens is 321 g/mol. The summed E-state index contributed by atoms with van der Waals surface area (Å²) in [4.78, 5) is 0. The first kappa shape index (κ1) is 14.1. The van der Waals surface area contributed by atoms with Crippen molar-refractivity contribution in [2.24, 2.45) is 0 Å². The van der Waals surface area contributed by atoms with Crippen molar-refractivity contribution in [2.45, 2.75) is 12.5 Å². The van der Waals surface area contributed by atoms with Crippen LogP contribution in [-0.2, 0) is 6.42 Å². The number of aliphatic hydroxyl groups is 1. The van der Waals surface area contributed by atoms with Crippen molar-refractivity contribution in [1.29, 1.82) is 0 Å². The van der Waals surface area contributed by atoms with Crippen LogP contribution < -0.4 is 0 Å². The first-order valence-corrected chi connectivity index (χ1v) is 6.35. The number of benzene rings is 2. The molecule has 1 unspecified atom stereocenters. The molecule has 1 N–H and O–H groups in total. The van der Waals surface area contributed by atoms with E-state index in [1.165, 1.54) is 24.3 Å². The third kappa shape index (κ3) is 2.98. The molecule has 0 saturated heterocycles. The van der Waals surface area contributed by atoms with Gasteiger partial charge in [0.15, 0.2) is 11.6 Å². The fraction of sp³-hybridized carbons (Fsp3) is 0.143. The third-order valence-electron chi connectivity index (χ3n) is 2.79. The molecule has 0 fully saturated rings. The fourth-order valence-electron chi connectivity index (χ4n) is 1.80. The monoisotopic (exact) mass is 330 g/mol. The normalized spacial score (nSPS) is 12.5. The van der Waals surface area contributed by atoms with Crippen LogP contribution in [0, 0.1) is 17.5 Å².